The summed E-state index contributed by atoms with van der Waals surface area (Å²) in [6, 6.07) is 9.35. The number of thiophene rings is 1. The molecule has 1 aromatic carbocycles. The third-order valence-corrected chi connectivity index (χ3v) is 4.24. The van der Waals surface area contributed by atoms with E-state index in [0.717, 1.165) is 0 Å². The predicted octanol–water partition coefficient (Wildman–Crippen LogP) is 3.83. The molecule has 2 rings (SSSR count). The van der Waals surface area contributed by atoms with E-state index in [-0.39, 0.29) is 0 Å². The van der Waals surface area contributed by atoms with Crippen molar-refractivity contribution in [2.75, 3.05) is 7.05 Å². The van der Waals surface area contributed by atoms with Gasteiger partial charge in [-0.3, -0.25) is 0 Å². The van der Waals surface area contributed by atoms with Gasteiger partial charge in [-0.2, -0.15) is 0 Å². The molecule has 2 aromatic rings. The Morgan fingerprint density at radius 2 is 2.12 bits per heavy atom. The molecule has 0 aliphatic rings. The molecule has 1 nitrogen and oxygen atoms in total. The summed E-state index contributed by atoms with van der Waals surface area (Å²) < 4.78 is 1.41. The van der Waals surface area contributed by atoms with Gasteiger partial charge in [0.25, 0.3) is 0 Å². The van der Waals surface area contributed by atoms with E-state index >= 15 is 0 Å². The van der Waals surface area contributed by atoms with E-state index in [9.17, 15) is 0 Å². The zero-order valence-electron chi connectivity index (χ0n) is 9.99. The highest BCUT2D eigenvalue weighted by molar-refractivity contribution is 7.17. The first-order valence-corrected chi connectivity index (χ1v) is 6.85. The maximum absolute atomic E-state index is 3.37. The molecule has 1 heterocycles. The summed E-state index contributed by atoms with van der Waals surface area (Å²) in [5.41, 5.74) is 1.51. The number of nitrogens with one attached hydrogen (secondary N) is 1. The molecule has 0 aliphatic carbocycles. The highest BCUT2D eigenvalue weighted by Crippen LogP contribution is 2.26. The van der Waals surface area contributed by atoms with Gasteiger partial charge in [-0.1, -0.05) is 25.1 Å². The zero-order valence-corrected chi connectivity index (χ0v) is 10.8. The fourth-order valence-corrected chi connectivity index (χ4v) is 3.11. The Labute approximate surface area is 101 Å². The van der Waals surface area contributed by atoms with E-state index in [1.807, 2.05) is 11.3 Å². The van der Waals surface area contributed by atoms with Crippen molar-refractivity contribution in [3.05, 3.63) is 35.2 Å². The maximum atomic E-state index is 3.37. The van der Waals surface area contributed by atoms with Crippen molar-refractivity contribution in [1.29, 1.82) is 0 Å². The van der Waals surface area contributed by atoms with Gasteiger partial charge in [-0.05, 0) is 48.7 Å². The average molecular weight is 233 g/mol. The second kappa shape index (κ2) is 5.46. The summed E-state index contributed by atoms with van der Waals surface area (Å²) in [7, 11) is 2.06. The minimum Gasteiger partial charge on any atom is -0.317 e. The van der Waals surface area contributed by atoms with Gasteiger partial charge >= 0.3 is 0 Å². The molecule has 0 amide bonds. The van der Waals surface area contributed by atoms with E-state index < -0.39 is 0 Å². The van der Waals surface area contributed by atoms with E-state index in [4.69, 9.17) is 0 Å². The topological polar surface area (TPSA) is 12.0 Å². The Morgan fingerprint density at radius 3 is 2.88 bits per heavy atom. The summed E-state index contributed by atoms with van der Waals surface area (Å²) in [5.74, 6) is 0. The Balaban J connectivity index is 2.09. The molecule has 0 saturated heterocycles. The number of fused-ring (bicyclic) bond motifs is 1. The largest absolute Gasteiger partial charge is 0.317 e. The van der Waals surface area contributed by atoms with Crippen molar-refractivity contribution >= 4 is 21.4 Å². The van der Waals surface area contributed by atoms with Gasteiger partial charge in [-0.15, -0.1) is 11.3 Å². The first-order valence-electron chi connectivity index (χ1n) is 5.97. The highest BCUT2D eigenvalue weighted by Gasteiger charge is 2.06. The van der Waals surface area contributed by atoms with Crippen LogP contribution in [0.4, 0.5) is 0 Å². The number of benzene rings is 1. The van der Waals surface area contributed by atoms with E-state index in [1.165, 1.54) is 34.9 Å². The van der Waals surface area contributed by atoms with Gasteiger partial charge in [0.05, 0.1) is 0 Å². The van der Waals surface area contributed by atoms with Crippen molar-refractivity contribution < 1.29 is 0 Å². The quantitative estimate of drug-likeness (QED) is 0.827. The predicted molar refractivity (Wildman–Crippen MR) is 73.3 cm³/mol. The molecule has 1 N–H and O–H groups in total. The van der Waals surface area contributed by atoms with Crippen LogP contribution in [-0.2, 0) is 6.42 Å². The van der Waals surface area contributed by atoms with Gasteiger partial charge in [0.2, 0.25) is 0 Å². The molecular formula is C14H19NS. The molecule has 0 fully saturated rings. The van der Waals surface area contributed by atoms with E-state index in [1.54, 1.807) is 0 Å². The van der Waals surface area contributed by atoms with Crippen LogP contribution >= 0.6 is 11.3 Å². The molecule has 86 valence electrons. The average Bonchev–Trinajstić information content (AvgIpc) is 2.74. The zero-order chi connectivity index (χ0) is 11.4. The summed E-state index contributed by atoms with van der Waals surface area (Å²) in [4.78, 5) is 0. The van der Waals surface area contributed by atoms with Gasteiger partial charge < -0.3 is 5.32 Å². The lowest BCUT2D eigenvalue weighted by Crippen LogP contribution is -2.24. The van der Waals surface area contributed by atoms with Crippen LogP contribution in [-0.4, -0.2) is 13.1 Å². The van der Waals surface area contributed by atoms with Crippen molar-refractivity contribution in [3.63, 3.8) is 0 Å². The fraction of sp³-hybridized carbons (Fsp3) is 0.429. The lowest BCUT2D eigenvalue weighted by molar-refractivity contribution is 0.510. The maximum Gasteiger partial charge on any atom is 0.0345 e. The monoisotopic (exact) mass is 233 g/mol. The van der Waals surface area contributed by atoms with Crippen LogP contribution in [0, 0.1) is 0 Å². The molecule has 0 radical (unpaired) electrons. The van der Waals surface area contributed by atoms with Crippen LogP contribution in [0.5, 0.6) is 0 Å². The Bertz CT molecular complexity index is 443. The van der Waals surface area contributed by atoms with Crippen molar-refractivity contribution in [1.82, 2.24) is 5.32 Å². The first kappa shape index (κ1) is 11.6. The molecule has 1 atom stereocenters. The first-order chi connectivity index (χ1) is 7.85. The summed E-state index contributed by atoms with van der Waals surface area (Å²) >= 11 is 1.86. The third-order valence-electron chi connectivity index (χ3n) is 3.22. The van der Waals surface area contributed by atoms with Gasteiger partial charge in [-0.25, -0.2) is 0 Å². The van der Waals surface area contributed by atoms with Crippen LogP contribution < -0.4 is 5.32 Å². The molecule has 0 spiro atoms. The highest BCUT2D eigenvalue weighted by atomic mass is 32.1. The Morgan fingerprint density at radius 1 is 1.31 bits per heavy atom. The standard InChI is InChI=1S/C14H19NS/c1-3-12(15-2)9-8-11-10-16-14-7-5-4-6-13(11)14/h4-7,10,12,15H,3,8-9H2,1-2H3. The van der Waals surface area contributed by atoms with Crippen LogP contribution in [0.15, 0.2) is 29.6 Å². The van der Waals surface area contributed by atoms with Crippen LogP contribution in [0.3, 0.4) is 0 Å². The lowest BCUT2D eigenvalue weighted by atomic mass is 10.0. The van der Waals surface area contributed by atoms with Crippen LogP contribution in [0.2, 0.25) is 0 Å². The lowest BCUT2D eigenvalue weighted by Gasteiger charge is -2.12. The van der Waals surface area contributed by atoms with Crippen molar-refractivity contribution in [3.8, 4) is 0 Å². The summed E-state index contributed by atoms with van der Waals surface area (Å²) in [5, 5.41) is 7.12. The fourth-order valence-electron chi connectivity index (χ4n) is 2.11. The van der Waals surface area contributed by atoms with Crippen LogP contribution in [0.1, 0.15) is 25.3 Å². The van der Waals surface area contributed by atoms with Gasteiger partial charge in [0.15, 0.2) is 0 Å². The summed E-state index contributed by atoms with van der Waals surface area (Å²) in [6.07, 6.45) is 3.62. The molecule has 0 aliphatic heterocycles. The molecule has 1 unspecified atom stereocenters. The minimum atomic E-state index is 0.652. The number of hydrogen-bond acceptors (Lipinski definition) is 2. The minimum absolute atomic E-state index is 0.652. The van der Waals surface area contributed by atoms with Crippen molar-refractivity contribution in [2.24, 2.45) is 0 Å². The Kier molecular flexibility index (Phi) is 3.97. The third kappa shape index (κ3) is 2.45. The van der Waals surface area contributed by atoms with Gasteiger partial charge in [0.1, 0.15) is 0 Å². The normalized spacial score (nSPS) is 13.1. The van der Waals surface area contributed by atoms with E-state index in [2.05, 4.69) is 48.9 Å². The van der Waals surface area contributed by atoms with E-state index in [0.29, 0.717) is 6.04 Å². The second-order valence-electron chi connectivity index (χ2n) is 4.19. The molecule has 2 heteroatoms. The molecule has 1 aromatic heterocycles. The number of hydrogen-bond donors (Lipinski definition) is 1. The smallest absolute Gasteiger partial charge is 0.0345 e. The number of aryl methyl sites for hydroxylation is 1. The van der Waals surface area contributed by atoms with Crippen molar-refractivity contribution in [2.45, 2.75) is 32.2 Å². The van der Waals surface area contributed by atoms with Crippen LogP contribution in [0.25, 0.3) is 10.1 Å². The molecule has 0 saturated carbocycles. The molecule has 0 bridgehead atoms. The number of rotatable bonds is 5. The van der Waals surface area contributed by atoms with Gasteiger partial charge in [0, 0.05) is 10.7 Å². The second-order valence-corrected chi connectivity index (χ2v) is 5.10. The SMILES string of the molecule is CCC(CCc1csc2ccccc12)NC. The molecular weight excluding hydrogens is 214 g/mol. The molecule has 16 heavy (non-hydrogen) atoms. The Hall–Kier alpha value is -0.860. The summed E-state index contributed by atoms with van der Waals surface area (Å²) in [6.45, 7) is 2.24.